The SMILES string of the molecule is C=C(c1ccc(C)cc1N(C)N)C(F)(F)F. The molecule has 16 heavy (non-hydrogen) atoms. The lowest BCUT2D eigenvalue weighted by Crippen LogP contribution is -2.27. The van der Waals surface area contributed by atoms with Crippen molar-refractivity contribution < 1.29 is 13.2 Å². The summed E-state index contributed by atoms with van der Waals surface area (Å²) in [5.41, 5.74) is 0.260. The molecule has 1 rings (SSSR count). The van der Waals surface area contributed by atoms with Gasteiger partial charge in [0.15, 0.2) is 0 Å². The summed E-state index contributed by atoms with van der Waals surface area (Å²) < 4.78 is 37.6. The fraction of sp³-hybridized carbons (Fsp3) is 0.273. The average Bonchev–Trinajstić information content (AvgIpc) is 2.15. The monoisotopic (exact) mass is 230 g/mol. The fourth-order valence-electron chi connectivity index (χ4n) is 1.34. The summed E-state index contributed by atoms with van der Waals surface area (Å²) in [6, 6.07) is 4.56. The van der Waals surface area contributed by atoms with E-state index in [4.69, 9.17) is 5.84 Å². The Morgan fingerprint density at radius 1 is 1.38 bits per heavy atom. The number of anilines is 1. The third-order valence-electron chi connectivity index (χ3n) is 2.20. The Labute approximate surface area is 92.1 Å². The summed E-state index contributed by atoms with van der Waals surface area (Å²) in [5, 5.41) is 1.15. The van der Waals surface area contributed by atoms with Crippen LogP contribution in [0.1, 0.15) is 11.1 Å². The number of nitrogens with two attached hydrogens (primary N) is 1. The van der Waals surface area contributed by atoms with Gasteiger partial charge in [-0.2, -0.15) is 13.2 Å². The van der Waals surface area contributed by atoms with Gasteiger partial charge >= 0.3 is 6.18 Å². The van der Waals surface area contributed by atoms with E-state index >= 15 is 0 Å². The van der Waals surface area contributed by atoms with E-state index in [-0.39, 0.29) is 5.56 Å². The number of rotatable bonds is 2. The summed E-state index contributed by atoms with van der Waals surface area (Å²) in [7, 11) is 1.49. The Morgan fingerprint density at radius 2 is 1.94 bits per heavy atom. The number of hydrogen-bond donors (Lipinski definition) is 1. The van der Waals surface area contributed by atoms with Gasteiger partial charge in [-0.05, 0) is 18.6 Å². The molecule has 5 heteroatoms. The highest BCUT2D eigenvalue weighted by molar-refractivity contribution is 5.78. The average molecular weight is 230 g/mol. The molecule has 2 N–H and O–H groups in total. The zero-order valence-corrected chi connectivity index (χ0v) is 9.10. The molecule has 0 heterocycles. The predicted octanol–water partition coefficient (Wildman–Crippen LogP) is 2.88. The Kier molecular flexibility index (Phi) is 3.28. The molecule has 0 aromatic heterocycles. The second kappa shape index (κ2) is 4.17. The normalized spacial score (nSPS) is 11.4. The molecule has 1 aromatic carbocycles. The molecular weight excluding hydrogens is 217 g/mol. The van der Waals surface area contributed by atoms with Gasteiger partial charge < -0.3 is 5.01 Å². The fourth-order valence-corrected chi connectivity index (χ4v) is 1.34. The van der Waals surface area contributed by atoms with Crippen molar-refractivity contribution in [1.82, 2.24) is 0 Å². The quantitative estimate of drug-likeness (QED) is 0.625. The first-order valence-corrected chi connectivity index (χ1v) is 4.59. The maximum absolute atomic E-state index is 12.5. The number of aryl methyl sites for hydroxylation is 1. The minimum Gasteiger partial charge on any atom is -0.313 e. The van der Waals surface area contributed by atoms with Crippen LogP contribution in [0.5, 0.6) is 0 Å². The molecule has 0 aliphatic heterocycles. The molecule has 0 aliphatic rings. The number of nitrogens with zero attached hydrogens (tertiary/aromatic N) is 1. The summed E-state index contributed by atoms with van der Waals surface area (Å²) in [5.74, 6) is 5.49. The van der Waals surface area contributed by atoms with Crippen molar-refractivity contribution in [2.45, 2.75) is 13.1 Å². The lowest BCUT2D eigenvalue weighted by molar-refractivity contribution is -0.0686. The number of alkyl halides is 3. The maximum atomic E-state index is 12.5. The van der Waals surface area contributed by atoms with E-state index in [2.05, 4.69) is 6.58 Å². The zero-order chi connectivity index (χ0) is 12.5. The minimum atomic E-state index is -4.44. The maximum Gasteiger partial charge on any atom is 0.416 e. The third kappa shape index (κ3) is 2.55. The van der Waals surface area contributed by atoms with Crippen molar-refractivity contribution in [3.05, 3.63) is 35.9 Å². The van der Waals surface area contributed by atoms with E-state index in [0.29, 0.717) is 5.69 Å². The molecule has 2 nitrogen and oxygen atoms in total. The predicted molar refractivity (Wildman–Crippen MR) is 58.9 cm³/mol. The van der Waals surface area contributed by atoms with Crippen molar-refractivity contribution in [1.29, 1.82) is 0 Å². The van der Waals surface area contributed by atoms with Crippen LogP contribution in [0.2, 0.25) is 0 Å². The van der Waals surface area contributed by atoms with Gasteiger partial charge in [-0.1, -0.05) is 18.7 Å². The molecule has 88 valence electrons. The van der Waals surface area contributed by atoms with Crippen molar-refractivity contribution >= 4 is 11.3 Å². The molecular formula is C11H13F3N2. The molecule has 0 spiro atoms. The van der Waals surface area contributed by atoms with Gasteiger partial charge in [0.1, 0.15) is 0 Å². The standard InChI is InChI=1S/C11H13F3N2/c1-7-4-5-9(8(2)11(12,13)14)10(6-7)16(3)15/h4-6H,2,15H2,1,3H3. The number of halogens is 3. The first-order chi connectivity index (χ1) is 7.23. The molecule has 0 saturated heterocycles. The highest BCUT2D eigenvalue weighted by Crippen LogP contribution is 2.36. The molecule has 0 atom stereocenters. The summed E-state index contributed by atoms with van der Waals surface area (Å²) in [4.78, 5) is 0. The highest BCUT2D eigenvalue weighted by atomic mass is 19.4. The van der Waals surface area contributed by atoms with Gasteiger partial charge in [0.05, 0.1) is 11.3 Å². The smallest absolute Gasteiger partial charge is 0.313 e. The van der Waals surface area contributed by atoms with Gasteiger partial charge in [0.25, 0.3) is 0 Å². The summed E-state index contributed by atoms with van der Waals surface area (Å²) >= 11 is 0. The lowest BCUT2D eigenvalue weighted by Gasteiger charge is -2.20. The van der Waals surface area contributed by atoms with Crippen molar-refractivity contribution in [3.8, 4) is 0 Å². The molecule has 0 fully saturated rings. The first-order valence-electron chi connectivity index (χ1n) is 4.59. The Balaban J connectivity index is 3.29. The number of hydrogen-bond acceptors (Lipinski definition) is 2. The Morgan fingerprint density at radius 3 is 2.38 bits per heavy atom. The summed E-state index contributed by atoms with van der Waals surface area (Å²) in [6.45, 7) is 4.85. The van der Waals surface area contributed by atoms with Crippen LogP contribution in [0.4, 0.5) is 18.9 Å². The van der Waals surface area contributed by atoms with E-state index < -0.39 is 11.7 Å². The van der Waals surface area contributed by atoms with E-state index in [1.807, 2.05) is 0 Å². The van der Waals surface area contributed by atoms with Gasteiger partial charge in [-0.25, -0.2) is 5.84 Å². The van der Waals surface area contributed by atoms with Crippen molar-refractivity contribution in [2.24, 2.45) is 5.84 Å². The van der Waals surface area contributed by atoms with Crippen LogP contribution < -0.4 is 10.9 Å². The lowest BCUT2D eigenvalue weighted by atomic mass is 10.0. The largest absolute Gasteiger partial charge is 0.416 e. The Bertz CT molecular complexity index is 408. The second-order valence-corrected chi connectivity index (χ2v) is 3.61. The molecule has 0 aliphatic carbocycles. The molecule has 0 saturated carbocycles. The van der Waals surface area contributed by atoms with E-state index in [1.54, 1.807) is 19.1 Å². The van der Waals surface area contributed by atoms with Gasteiger partial charge in [-0.15, -0.1) is 0 Å². The molecule has 0 radical (unpaired) electrons. The second-order valence-electron chi connectivity index (χ2n) is 3.61. The number of benzene rings is 1. The molecule has 0 bridgehead atoms. The summed E-state index contributed by atoms with van der Waals surface area (Å²) in [6.07, 6.45) is -4.44. The van der Waals surface area contributed by atoms with Crippen LogP contribution in [0.3, 0.4) is 0 Å². The van der Waals surface area contributed by atoms with Crippen molar-refractivity contribution in [2.75, 3.05) is 12.1 Å². The van der Waals surface area contributed by atoms with Gasteiger partial charge in [0.2, 0.25) is 0 Å². The van der Waals surface area contributed by atoms with Crippen LogP contribution in [-0.4, -0.2) is 13.2 Å². The van der Waals surface area contributed by atoms with Gasteiger partial charge in [-0.3, -0.25) is 0 Å². The van der Waals surface area contributed by atoms with Crippen LogP contribution in [0.15, 0.2) is 24.8 Å². The minimum absolute atomic E-state index is 0.00287. The highest BCUT2D eigenvalue weighted by Gasteiger charge is 2.34. The molecule has 0 amide bonds. The van der Waals surface area contributed by atoms with Crippen LogP contribution in [0.25, 0.3) is 5.57 Å². The Hall–Kier alpha value is -1.49. The molecule has 1 aromatic rings. The number of allylic oxidation sites excluding steroid dienone is 1. The van der Waals surface area contributed by atoms with Crippen molar-refractivity contribution in [3.63, 3.8) is 0 Å². The van der Waals surface area contributed by atoms with E-state index in [0.717, 1.165) is 10.6 Å². The van der Waals surface area contributed by atoms with Crippen LogP contribution in [0, 0.1) is 6.92 Å². The molecule has 0 unspecified atom stereocenters. The van der Waals surface area contributed by atoms with Crippen LogP contribution in [-0.2, 0) is 0 Å². The topological polar surface area (TPSA) is 29.3 Å². The first kappa shape index (κ1) is 12.6. The number of hydrazine groups is 1. The van der Waals surface area contributed by atoms with E-state index in [9.17, 15) is 13.2 Å². The zero-order valence-electron chi connectivity index (χ0n) is 9.10. The third-order valence-corrected chi connectivity index (χ3v) is 2.20. The van der Waals surface area contributed by atoms with E-state index in [1.165, 1.54) is 13.1 Å². The van der Waals surface area contributed by atoms with Crippen LogP contribution >= 0.6 is 0 Å². The van der Waals surface area contributed by atoms with Gasteiger partial charge in [0, 0.05) is 12.6 Å².